The standard InChI is InChI=1S/C29H27N7O4/c1-18(34-28(38)24-25(30)32-16-15-31-24)26-35-21-12-5-8-19(9-6-14-33-27(37)22-13-7-17-40-22)23(21)29(39)36(26)20-10-3-2-4-11-20/h2-5,8,10-12,15-16,18,22H,7,13-14,17H2,1H3,(H2,30,32)(H,33,37)(H,34,38). The number of rotatable bonds is 6. The van der Waals surface area contributed by atoms with Crippen LogP contribution >= 0.6 is 0 Å². The van der Waals surface area contributed by atoms with Gasteiger partial charge in [0.05, 0.1) is 29.2 Å². The van der Waals surface area contributed by atoms with Crippen LogP contribution in [-0.2, 0) is 9.53 Å². The summed E-state index contributed by atoms with van der Waals surface area (Å²) in [5, 5.41) is 5.91. The molecule has 3 heterocycles. The molecule has 4 N–H and O–H groups in total. The van der Waals surface area contributed by atoms with Gasteiger partial charge < -0.3 is 21.1 Å². The number of fused-ring (bicyclic) bond motifs is 1. The second-order valence-electron chi connectivity index (χ2n) is 9.15. The summed E-state index contributed by atoms with van der Waals surface area (Å²) in [5.74, 6) is 5.50. The number of hydrogen-bond acceptors (Lipinski definition) is 8. The lowest BCUT2D eigenvalue weighted by Gasteiger charge is -2.20. The predicted molar refractivity (Wildman–Crippen MR) is 149 cm³/mol. The van der Waals surface area contributed by atoms with Crippen LogP contribution in [0.3, 0.4) is 0 Å². The maximum Gasteiger partial charge on any atom is 0.274 e. The smallest absolute Gasteiger partial charge is 0.274 e. The number of amides is 2. The van der Waals surface area contributed by atoms with E-state index in [1.165, 1.54) is 17.0 Å². The van der Waals surface area contributed by atoms with Gasteiger partial charge in [0.2, 0.25) is 5.91 Å². The van der Waals surface area contributed by atoms with Gasteiger partial charge in [-0.1, -0.05) is 36.1 Å². The van der Waals surface area contributed by atoms with E-state index in [0.29, 0.717) is 41.0 Å². The minimum atomic E-state index is -0.700. The molecule has 5 rings (SSSR count). The van der Waals surface area contributed by atoms with Gasteiger partial charge in [-0.25, -0.2) is 15.0 Å². The lowest BCUT2D eigenvalue weighted by atomic mass is 10.1. The van der Waals surface area contributed by atoms with Crippen molar-refractivity contribution in [3.05, 3.63) is 88.4 Å². The van der Waals surface area contributed by atoms with Gasteiger partial charge in [-0.05, 0) is 44.0 Å². The molecule has 0 aliphatic carbocycles. The zero-order valence-electron chi connectivity index (χ0n) is 21.8. The summed E-state index contributed by atoms with van der Waals surface area (Å²) >= 11 is 0. The molecule has 11 heteroatoms. The first-order valence-corrected chi connectivity index (χ1v) is 12.8. The molecule has 1 saturated heterocycles. The third-order valence-electron chi connectivity index (χ3n) is 6.41. The minimum Gasteiger partial charge on any atom is -0.382 e. The number of benzene rings is 2. The van der Waals surface area contributed by atoms with E-state index in [1.807, 2.05) is 18.2 Å². The van der Waals surface area contributed by atoms with E-state index >= 15 is 0 Å². The maximum absolute atomic E-state index is 14.0. The molecule has 0 spiro atoms. The summed E-state index contributed by atoms with van der Waals surface area (Å²) in [7, 11) is 0. The Labute approximate surface area is 229 Å². The number of carbonyl (C=O) groups excluding carboxylic acids is 2. The summed E-state index contributed by atoms with van der Waals surface area (Å²) in [5.41, 5.74) is 6.92. The molecule has 2 amide bonds. The van der Waals surface area contributed by atoms with Crippen LogP contribution in [-0.4, -0.2) is 50.6 Å². The Morgan fingerprint density at radius 2 is 1.95 bits per heavy atom. The summed E-state index contributed by atoms with van der Waals surface area (Å²) < 4.78 is 6.85. The predicted octanol–water partition coefficient (Wildman–Crippen LogP) is 1.90. The Morgan fingerprint density at radius 3 is 2.70 bits per heavy atom. The SMILES string of the molecule is CC(NC(=O)c1nccnc1N)c1nc2cccc(C#CCNC(=O)C3CCCO3)c2c(=O)n1-c1ccccc1. The number of nitrogens with two attached hydrogens (primary N) is 1. The van der Waals surface area contributed by atoms with Crippen LogP contribution in [0.4, 0.5) is 5.82 Å². The number of nitrogen functional groups attached to an aromatic ring is 1. The second kappa shape index (κ2) is 11.8. The molecule has 1 aliphatic heterocycles. The Hall–Kier alpha value is -5.08. The molecule has 4 aromatic rings. The maximum atomic E-state index is 14.0. The Bertz CT molecular complexity index is 1690. The first kappa shape index (κ1) is 26.5. The van der Waals surface area contributed by atoms with E-state index in [2.05, 4.69) is 32.4 Å². The van der Waals surface area contributed by atoms with Crippen molar-refractivity contribution >= 4 is 28.5 Å². The fraction of sp³-hybridized carbons (Fsp3) is 0.241. The molecule has 1 aliphatic rings. The number of aromatic nitrogens is 4. The Morgan fingerprint density at radius 1 is 1.15 bits per heavy atom. The number of para-hydroxylation sites is 1. The van der Waals surface area contributed by atoms with Gasteiger partial charge >= 0.3 is 0 Å². The highest BCUT2D eigenvalue weighted by Gasteiger charge is 2.24. The fourth-order valence-corrected chi connectivity index (χ4v) is 4.49. The highest BCUT2D eigenvalue weighted by atomic mass is 16.5. The number of anilines is 1. The Balaban J connectivity index is 1.51. The molecule has 2 unspecified atom stereocenters. The molecule has 1 fully saturated rings. The highest BCUT2D eigenvalue weighted by molar-refractivity contribution is 5.96. The van der Waals surface area contributed by atoms with E-state index in [-0.39, 0.29) is 29.5 Å². The van der Waals surface area contributed by atoms with Crippen molar-refractivity contribution in [1.82, 2.24) is 30.2 Å². The molecular weight excluding hydrogens is 510 g/mol. The average molecular weight is 538 g/mol. The van der Waals surface area contributed by atoms with Crippen molar-refractivity contribution in [2.24, 2.45) is 0 Å². The lowest BCUT2D eigenvalue weighted by Crippen LogP contribution is -2.34. The summed E-state index contributed by atoms with van der Waals surface area (Å²) in [6, 6.07) is 13.5. The molecule has 0 radical (unpaired) electrons. The molecule has 40 heavy (non-hydrogen) atoms. The zero-order valence-corrected chi connectivity index (χ0v) is 21.8. The van der Waals surface area contributed by atoms with Crippen LogP contribution in [0.2, 0.25) is 0 Å². The van der Waals surface area contributed by atoms with Crippen LogP contribution in [0.25, 0.3) is 16.6 Å². The quantitative estimate of drug-likeness (QED) is 0.315. The van der Waals surface area contributed by atoms with Crippen molar-refractivity contribution in [1.29, 1.82) is 0 Å². The normalized spacial score (nSPS) is 15.2. The van der Waals surface area contributed by atoms with Crippen LogP contribution in [0.1, 0.15) is 47.7 Å². The zero-order chi connectivity index (χ0) is 28.1. The van der Waals surface area contributed by atoms with E-state index in [0.717, 1.165) is 6.42 Å². The number of nitrogens with one attached hydrogen (secondary N) is 2. The number of ether oxygens (including phenoxy) is 1. The van der Waals surface area contributed by atoms with Crippen LogP contribution in [0.5, 0.6) is 0 Å². The van der Waals surface area contributed by atoms with Gasteiger partial charge in [0.25, 0.3) is 11.5 Å². The first-order chi connectivity index (χ1) is 19.4. The number of carbonyl (C=O) groups is 2. The molecule has 0 saturated carbocycles. The van der Waals surface area contributed by atoms with Crippen molar-refractivity contribution in [2.75, 3.05) is 18.9 Å². The van der Waals surface area contributed by atoms with Crippen molar-refractivity contribution in [3.8, 4) is 17.5 Å². The lowest BCUT2D eigenvalue weighted by molar-refractivity contribution is -0.129. The van der Waals surface area contributed by atoms with Crippen molar-refractivity contribution in [2.45, 2.75) is 31.9 Å². The van der Waals surface area contributed by atoms with Gasteiger partial charge in [0.1, 0.15) is 11.9 Å². The summed E-state index contributed by atoms with van der Waals surface area (Å²) in [6.45, 7) is 2.42. The van der Waals surface area contributed by atoms with E-state index in [9.17, 15) is 14.4 Å². The molecule has 202 valence electrons. The monoisotopic (exact) mass is 537 g/mol. The van der Waals surface area contributed by atoms with Crippen LogP contribution < -0.4 is 21.9 Å². The average Bonchev–Trinajstić information content (AvgIpc) is 3.51. The molecule has 11 nitrogen and oxygen atoms in total. The number of hydrogen-bond donors (Lipinski definition) is 3. The van der Waals surface area contributed by atoms with Gasteiger partial charge in [-0.3, -0.25) is 19.0 Å². The first-order valence-electron chi connectivity index (χ1n) is 12.8. The van der Waals surface area contributed by atoms with Crippen molar-refractivity contribution < 1.29 is 14.3 Å². The topological polar surface area (TPSA) is 154 Å². The largest absolute Gasteiger partial charge is 0.382 e. The van der Waals surface area contributed by atoms with Crippen LogP contribution in [0.15, 0.2) is 65.7 Å². The highest BCUT2D eigenvalue weighted by Crippen LogP contribution is 2.20. The third kappa shape index (κ3) is 5.52. The fourth-order valence-electron chi connectivity index (χ4n) is 4.49. The van der Waals surface area contributed by atoms with Crippen molar-refractivity contribution in [3.63, 3.8) is 0 Å². The molecule has 0 bridgehead atoms. The number of nitrogens with zero attached hydrogens (tertiary/aromatic N) is 4. The molecular formula is C29H27N7O4. The second-order valence-corrected chi connectivity index (χ2v) is 9.15. The van der Waals surface area contributed by atoms with Gasteiger partial charge in [-0.2, -0.15) is 0 Å². The van der Waals surface area contributed by atoms with Gasteiger partial charge in [0, 0.05) is 24.6 Å². The van der Waals surface area contributed by atoms with Gasteiger partial charge in [-0.15, -0.1) is 0 Å². The van der Waals surface area contributed by atoms with Crippen LogP contribution in [0, 0.1) is 11.8 Å². The molecule has 2 atom stereocenters. The minimum absolute atomic E-state index is 0.00528. The molecule has 2 aromatic carbocycles. The summed E-state index contributed by atoms with van der Waals surface area (Å²) in [6.07, 6.45) is 3.89. The van der Waals surface area contributed by atoms with Gasteiger partial charge in [0.15, 0.2) is 11.5 Å². The molecule has 2 aromatic heterocycles. The van der Waals surface area contributed by atoms with E-state index in [4.69, 9.17) is 15.5 Å². The third-order valence-corrected chi connectivity index (χ3v) is 6.41. The van der Waals surface area contributed by atoms with E-state index < -0.39 is 18.1 Å². The Kier molecular flexibility index (Phi) is 7.80. The van der Waals surface area contributed by atoms with E-state index in [1.54, 1.807) is 37.3 Å². The summed E-state index contributed by atoms with van der Waals surface area (Å²) in [4.78, 5) is 51.8.